The third kappa shape index (κ3) is 4.11. The average molecular weight is 246 g/mol. The van der Waals surface area contributed by atoms with Crippen LogP contribution in [0.4, 0.5) is 0 Å². The van der Waals surface area contributed by atoms with Gasteiger partial charge in [-0.25, -0.2) is 0 Å². The van der Waals surface area contributed by atoms with Gasteiger partial charge in [0, 0.05) is 25.7 Å². The van der Waals surface area contributed by atoms with Gasteiger partial charge >= 0.3 is 0 Å². The topological polar surface area (TPSA) is 15.3 Å². The maximum atomic E-state index is 3.55. The Kier molecular flexibility index (Phi) is 5.69. The van der Waals surface area contributed by atoms with Crippen LogP contribution >= 0.6 is 0 Å². The number of nitrogens with one attached hydrogen (secondary N) is 1. The highest BCUT2D eigenvalue weighted by molar-refractivity contribution is 5.14. The number of hydrogen-bond acceptors (Lipinski definition) is 2. The van der Waals surface area contributed by atoms with Gasteiger partial charge in [0.25, 0.3) is 0 Å². The number of piperidine rings is 1. The molecular formula is C16H26N2. The Morgan fingerprint density at radius 2 is 2.06 bits per heavy atom. The number of rotatable bonds is 6. The molecule has 1 aliphatic rings. The van der Waals surface area contributed by atoms with E-state index in [9.17, 15) is 0 Å². The molecule has 1 aromatic rings. The van der Waals surface area contributed by atoms with E-state index in [1.165, 1.54) is 44.3 Å². The van der Waals surface area contributed by atoms with Crippen LogP contribution in [0.2, 0.25) is 0 Å². The molecule has 1 heterocycles. The predicted molar refractivity (Wildman–Crippen MR) is 77.7 cm³/mol. The summed E-state index contributed by atoms with van der Waals surface area (Å²) >= 11 is 0. The van der Waals surface area contributed by atoms with Crippen molar-refractivity contribution >= 4 is 0 Å². The minimum atomic E-state index is 0.831. The SMILES string of the molecule is CCC1CCCCN1CCNCc1ccccc1. The minimum Gasteiger partial charge on any atom is -0.311 e. The van der Waals surface area contributed by atoms with Crippen LogP contribution in [-0.2, 0) is 6.54 Å². The van der Waals surface area contributed by atoms with E-state index in [4.69, 9.17) is 0 Å². The largest absolute Gasteiger partial charge is 0.311 e. The van der Waals surface area contributed by atoms with Crippen molar-refractivity contribution < 1.29 is 0 Å². The molecule has 1 fully saturated rings. The smallest absolute Gasteiger partial charge is 0.0206 e. The van der Waals surface area contributed by atoms with Crippen molar-refractivity contribution in [3.05, 3.63) is 35.9 Å². The molecule has 0 aliphatic carbocycles. The first-order chi connectivity index (χ1) is 8.90. The van der Waals surface area contributed by atoms with Gasteiger partial charge in [0.15, 0.2) is 0 Å². The second-order valence-corrected chi connectivity index (χ2v) is 5.26. The zero-order chi connectivity index (χ0) is 12.6. The van der Waals surface area contributed by atoms with E-state index in [2.05, 4.69) is 47.5 Å². The Labute approximate surface area is 111 Å². The fourth-order valence-electron chi connectivity index (χ4n) is 2.87. The molecule has 1 aliphatic heterocycles. The molecule has 2 heteroatoms. The van der Waals surface area contributed by atoms with Crippen molar-refractivity contribution in [2.45, 2.75) is 45.2 Å². The first-order valence-electron chi connectivity index (χ1n) is 7.39. The molecule has 0 radical (unpaired) electrons. The van der Waals surface area contributed by atoms with Crippen LogP contribution in [0.25, 0.3) is 0 Å². The third-order valence-corrected chi connectivity index (χ3v) is 3.97. The van der Waals surface area contributed by atoms with E-state index in [0.717, 1.165) is 19.1 Å². The number of likely N-dealkylation sites (tertiary alicyclic amines) is 1. The van der Waals surface area contributed by atoms with Gasteiger partial charge in [-0.05, 0) is 31.4 Å². The van der Waals surface area contributed by atoms with Crippen LogP contribution < -0.4 is 5.32 Å². The molecule has 1 aromatic carbocycles. The fourth-order valence-corrected chi connectivity index (χ4v) is 2.87. The number of benzene rings is 1. The molecule has 0 saturated carbocycles. The lowest BCUT2D eigenvalue weighted by Crippen LogP contribution is -2.42. The summed E-state index contributed by atoms with van der Waals surface area (Å²) in [6.45, 7) is 6.91. The molecule has 2 nitrogen and oxygen atoms in total. The fraction of sp³-hybridized carbons (Fsp3) is 0.625. The first-order valence-corrected chi connectivity index (χ1v) is 7.39. The minimum absolute atomic E-state index is 0.831. The Balaban J connectivity index is 1.65. The van der Waals surface area contributed by atoms with Crippen LogP contribution in [0.3, 0.4) is 0 Å². The third-order valence-electron chi connectivity index (χ3n) is 3.97. The summed E-state index contributed by atoms with van der Waals surface area (Å²) < 4.78 is 0. The summed E-state index contributed by atoms with van der Waals surface area (Å²) in [6, 6.07) is 11.5. The van der Waals surface area contributed by atoms with Gasteiger partial charge in [0.2, 0.25) is 0 Å². The number of nitrogens with zero attached hydrogens (tertiary/aromatic N) is 1. The molecular weight excluding hydrogens is 220 g/mol. The second kappa shape index (κ2) is 7.55. The van der Waals surface area contributed by atoms with Crippen molar-refractivity contribution in [3.63, 3.8) is 0 Å². The Morgan fingerprint density at radius 1 is 1.22 bits per heavy atom. The summed E-state index contributed by atoms with van der Waals surface area (Å²) in [6.07, 6.45) is 5.51. The van der Waals surface area contributed by atoms with Crippen LogP contribution in [0, 0.1) is 0 Å². The Hall–Kier alpha value is -0.860. The molecule has 2 rings (SSSR count). The van der Waals surface area contributed by atoms with Crippen LogP contribution in [-0.4, -0.2) is 30.6 Å². The van der Waals surface area contributed by atoms with Crippen molar-refractivity contribution in [2.75, 3.05) is 19.6 Å². The maximum absolute atomic E-state index is 3.55. The zero-order valence-electron chi connectivity index (χ0n) is 11.6. The molecule has 0 bridgehead atoms. The van der Waals surface area contributed by atoms with Gasteiger partial charge in [-0.1, -0.05) is 43.7 Å². The van der Waals surface area contributed by atoms with E-state index in [1.807, 2.05) is 0 Å². The molecule has 0 spiro atoms. The van der Waals surface area contributed by atoms with Gasteiger partial charge in [0.05, 0.1) is 0 Å². The predicted octanol–water partition coefficient (Wildman–Crippen LogP) is 3.04. The Bertz CT molecular complexity index is 323. The molecule has 1 saturated heterocycles. The molecule has 18 heavy (non-hydrogen) atoms. The summed E-state index contributed by atoms with van der Waals surface area (Å²) in [5, 5.41) is 3.55. The highest BCUT2D eigenvalue weighted by Gasteiger charge is 2.19. The van der Waals surface area contributed by atoms with Crippen LogP contribution in [0.15, 0.2) is 30.3 Å². The van der Waals surface area contributed by atoms with Gasteiger partial charge < -0.3 is 5.32 Å². The van der Waals surface area contributed by atoms with Crippen molar-refractivity contribution in [1.29, 1.82) is 0 Å². The second-order valence-electron chi connectivity index (χ2n) is 5.26. The highest BCUT2D eigenvalue weighted by Crippen LogP contribution is 2.18. The monoisotopic (exact) mass is 246 g/mol. The van der Waals surface area contributed by atoms with Gasteiger partial charge in [0.1, 0.15) is 0 Å². The highest BCUT2D eigenvalue weighted by atomic mass is 15.2. The van der Waals surface area contributed by atoms with Crippen LogP contribution in [0.5, 0.6) is 0 Å². The van der Waals surface area contributed by atoms with Gasteiger partial charge in [-0.2, -0.15) is 0 Å². The lowest BCUT2D eigenvalue weighted by molar-refractivity contribution is 0.145. The Morgan fingerprint density at radius 3 is 2.83 bits per heavy atom. The van der Waals surface area contributed by atoms with E-state index in [0.29, 0.717) is 0 Å². The van der Waals surface area contributed by atoms with Crippen molar-refractivity contribution in [3.8, 4) is 0 Å². The van der Waals surface area contributed by atoms with E-state index >= 15 is 0 Å². The first kappa shape index (κ1) is 13.6. The van der Waals surface area contributed by atoms with Crippen molar-refractivity contribution in [2.24, 2.45) is 0 Å². The molecule has 1 atom stereocenters. The quantitative estimate of drug-likeness (QED) is 0.776. The summed E-state index contributed by atoms with van der Waals surface area (Å²) in [4.78, 5) is 2.67. The lowest BCUT2D eigenvalue weighted by Gasteiger charge is -2.35. The van der Waals surface area contributed by atoms with E-state index < -0.39 is 0 Å². The summed E-state index contributed by atoms with van der Waals surface area (Å²) in [5.74, 6) is 0. The molecule has 0 amide bonds. The van der Waals surface area contributed by atoms with Crippen LogP contribution in [0.1, 0.15) is 38.2 Å². The van der Waals surface area contributed by atoms with E-state index in [-0.39, 0.29) is 0 Å². The molecule has 100 valence electrons. The standard InChI is InChI=1S/C16H26N2/c1-2-16-10-6-7-12-18(16)13-11-17-14-15-8-4-3-5-9-15/h3-5,8-9,16-17H,2,6-7,10-14H2,1H3. The maximum Gasteiger partial charge on any atom is 0.0206 e. The van der Waals surface area contributed by atoms with Crippen molar-refractivity contribution in [1.82, 2.24) is 10.2 Å². The molecule has 0 aromatic heterocycles. The summed E-state index contributed by atoms with van der Waals surface area (Å²) in [7, 11) is 0. The summed E-state index contributed by atoms with van der Waals surface area (Å²) in [5.41, 5.74) is 1.38. The van der Waals surface area contributed by atoms with Gasteiger partial charge in [-0.3, -0.25) is 4.90 Å². The van der Waals surface area contributed by atoms with E-state index in [1.54, 1.807) is 0 Å². The number of hydrogen-bond donors (Lipinski definition) is 1. The normalized spacial score (nSPS) is 21.1. The van der Waals surface area contributed by atoms with Gasteiger partial charge in [-0.15, -0.1) is 0 Å². The average Bonchev–Trinajstić information content (AvgIpc) is 2.45. The molecule has 1 N–H and O–H groups in total. The zero-order valence-corrected chi connectivity index (χ0v) is 11.6. The molecule has 1 unspecified atom stereocenters. The lowest BCUT2D eigenvalue weighted by atomic mass is 10.0.